The van der Waals surface area contributed by atoms with Gasteiger partial charge in [0.1, 0.15) is 11.4 Å². The molecule has 2 amide bonds. The fraction of sp³-hybridized carbons (Fsp3) is 0.267. The molecule has 0 saturated carbocycles. The van der Waals surface area contributed by atoms with Gasteiger partial charge in [0.15, 0.2) is 5.11 Å². The first kappa shape index (κ1) is 15.2. The van der Waals surface area contributed by atoms with Gasteiger partial charge in [-0.2, -0.15) is 0 Å². The number of thiocarbonyl (C=S) groups is 1. The number of nitrogens with zero attached hydrogens (tertiary/aromatic N) is 1. The summed E-state index contributed by atoms with van der Waals surface area (Å²) < 4.78 is 5.49. The zero-order valence-electron chi connectivity index (χ0n) is 11.9. The van der Waals surface area contributed by atoms with Crippen LogP contribution in [0, 0.1) is 0 Å². The van der Waals surface area contributed by atoms with E-state index in [0.717, 1.165) is 22.6 Å². The van der Waals surface area contributed by atoms with Crippen LogP contribution in [0.2, 0.25) is 0 Å². The van der Waals surface area contributed by atoms with Crippen molar-refractivity contribution >= 4 is 35.2 Å². The summed E-state index contributed by atoms with van der Waals surface area (Å²) in [5.74, 6) is -0.0476. The van der Waals surface area contributed by atoms with Gasteiger partial charge in [-0.3, -0.25) is 9.59 Å². The van der Waals surface area contributed by atoms with E-state index in [1.54, 1.807) is 6.08 Å². The van der Waals surface area contributed by atoms with Crippen molar-refractivity contribution in [2.75, 3.05) is 6.61 Å². The zero-order valence-corrected chi connectivity index (χ0v) is 12.7. The SMILES string of the molecule is CCCOc1ccc(/C=C2/NC(=S)N(C(C)=O)C2=O)cc1. The average Bonchev–Trinajstić information content (AvgIpc) is 2.72. The van der Waals surface area contributed by atoms with E-state index in [1.165, 1.54) is 6.92 Å². The van der Waals surface area contributed by atoms with Crippen LogP contribution >= 0.6 is 12.2 Å². The highest BCUT2D eigenvalue weighted by atomic mass is 32.1. The summed E-state index contributed by atoms with van der Waals surface area (Å²) in [5.41, 5.74) is 1.11. The molecule has 21 heavy (non-hydrogen) atoms. The van der Waals surface area contributed by atoms with E-state index in [0.29, 0.717) is 6.61 Å². The van der Waals surface area contributed by atoms with Crippen LogP contribution in [0.25, 0.3) is 6.08 Å². The maximum atomic E-state index is 12.0. The van der Waals surface area contributed by atoms with Gasteiger partial charge in [0, 0.05) is 6.92 Å². The fourth-order valence-electron chi connectivity index (χ4n) is 1.87. The molecule has 1 aromatic carbocycles. The summed E-state index contributed by atoms with van der Waals surface area (Å²) in [7, 11) is 0. The number of imide groups is 1. The normalized spacial score (nSPS) is 16.3. The second-order valence-corrected chi connectivity index (χ2v) is 4.95. The second-order valence-electron chi connectivity index (χ2n) is 4.57. The minimum Gasteiger partial charge on any atom is -0.494 e. The quantitative estimate of drug-likeness (QED) is 0.682. The van der Waals surface area contributed by atoms with Gasteiger partial charge in [-0.25, -0.2) is 4.90 Å². The summed E-state index contributed by atoms with van der Waals surface area (Å²) in [6, 6.07) is 7.35. The van der Waals surface area contributed by atoms with Crippen molar-refractivity contribution in [2.24, 2.45) is 0 Å². The molecule has 0 atom stereocenters. The van der Waals surface area contributed by atoms with Crippen LogP contribution in [-0.4, -0.2) is 28.4 Å². The molecule has 0 spiro atoms. The summed E-state index contributed by atoms with van der Waals surface area (Å²) in [6.07, 6.45) is 2.60. The lowest BCUT2D eigenvalue weighted by Crippen LogP contribution is -2.34. The molecule has 1 aliphatic heterocycles. The number of amides is 2. The van der Waals surface area contributed by atoms with Crippen molar-refractivity contribution in [3.8, 4) is 5.75 Å². The van der Waals surface area contributed by atoms with Gasteiger partial charge in [-0.05, 0) is 42.4 Å². The molecule has 110 valence electrons. The molecule has 0 bridgehead atoms. The number of carbonyl (C=O) groups is 2. The molecule has 1 saturated heterocycles. The Morgan fingerprint density at radius 1 is 1.38 bits per heavy atom. The van der Waals surface area contributed by atoms with Gasteiger partial charge in [-0.1, -0.05) is 19.1 Å². The standard InChI is InChI=1S/C15H16N2O3S/c1-3-8-20-12-6-4-11(5-7-12)9-13-14(19)17(10(2)18)15(21)16-13/h4-7,9H,3,8H2,1-2H3,(H,16,21)/b13-9+. The Balaban J connectivity index is 2.15. The van der Waals surface area contributed by atoms with Crippen LogP contribution in [0.1, 0.15) is 25.8 Å². The Labute approximate surface area is 128 Å². The molecule has 0 unspecified atom stereocenters. The predicted octanol–water partition coefficient (Wildman–Crippen LogP) is 2.08. The van der Waals surface area contributed by atoms with Gasteiger partial charge >= 0.3 is 0 Å². The summed E-state index contributed by atoms with van der Waals surface area (Å²) >= 11 is 4.97. The van der Waals surface area contributed by atoms with E-state index in [4.69, 9.17) is 17.0 Å². The maximum absolute atomic E-state index is 12.0. The van der Waals surface area contributed by atoms with E-state index in [9.17, 15) is 9.59 Å². The molecular weight excluding hydrogens is 288 g/mol. The fourth-order valence-corrected chi connectivity index (χ4v) is 2.19. The number of hydrogen-bond donors (Lipinski definition) is 1. The number of ether oxygens (including phenoxy) is 1. The van der Waals surface area contributed by atoms with Crippen molar-refractivity contribution in [3.05, 3.63) is 35.5 Å². The monoisotopic (exact) mass is 304 g/mol. The van der Waals surface area contributed by atoms with Crippen molar-refractivity contribution in [1.82, 2.24) is 10.2 Å². The number of nitrogens with one attached hydrogen (secondary N) is 1. The van der Waals surface area contributed by atoms with Gasteiger partial charge in [0.05, 0.1) is 6.61 Å². The minimum absolute atomic E-state index is 0.113. The van der Waals surface area contributed by atoms with Gasteiger partial charge < -0.3 is 10.1 Å². The largest absolute Gasteiger partial charge is 0.494 e. The van der Waals surface area contributed by atoms with Crippen LogP contribution in [0.4, 0.5) is 0 Å². The van der Waals surface area contributed by atoms with Crippen LogP contribution in [0.5, 0.6) is 5.75 Å². The molecular formula is C15H16N2O3S. The smallest absolute Gasteiger partial charge is 0.283 e. The Kier molecular flexibility index (Phi) is 4.70. The molecule has 6 heteroatoms. The van der Waals surface area contributed by atoms with Crippen molar-refractivity contribution in [3.63, 3.8) is 0 Å². The predicted molar refractivity (Wildman–Crippen MR) is 83.5 cm³/mol. The van der Waals surface area contributed by atoms with Crippen LogP contribution in [0.15, 0.2) is 30.0 Å². The zero-order chi connectivity index (χ0) is 15.4. The summed E-state index contributed by atoms with van der Waals surface area (Å²) in [4.78, 5) is 24.3. The first-order valence-corrected chi connectivity index (χ1v) is 7.04. The number of hydrogen-bond acceptors (Lipinski definition) is 4. The van der Waals surface area contributed by atoms with Crippen LogP contribution in [0.3, 0.4) is 0 Å². The third kappa shape index (κ3) is 3.46. The Hall–Kier alpha value is -2.21. The Morgan fingerprint density at radius 2 is 2.05 bits per heavy atom. The molecule has 1 aromatic rings. The highest BCUT2D eigenvalue weighted by Gasteiger charge is 2.33. The lowest BCUT2D eigenvalue weighted by atomic mass is 10.2. The van der Waals surface area contributed by atoms with E-state index in [2.05, 4.69) is 5.32 Å². The molecule has 1 fully saturated rings. The molecule has 1 aliphatic rings. The highest BCUT2D eigenvalue weighted by molar-refractivity contribution is 7.80. The topological polar surface area (TPSA) is 58.6 Å². The van der Waals surface area contributed by atoms with Crippen LogP contribution < -0.4 is 10.1 Å². The Bertz CT molecular complexity index is 608. The first-order chi connectivity index (χ1) is 10.0. The average molecular weight is 304 g/mol. The van der Waals surface area contributed by atoms with Crippen molar-refractivity contribution < 1.29 is 14.3 Å². The lowest BCUT2D eigenvalue weighted by Gasteiger charge is -2.07. The third-order valence-electron chi connectivity index (χ3n) is 2.86. The third-order valence-corrected chi connectivity index (χ3v) is 3.14. The lowest BCUT2D eigenvalue weighted by molar-refractivity contribution is -0.135. The minimum atomic E-state index is -0.432. The number of rotatable bonds is 4. The van der Waals surface area contributed by atoms with E-state index < -0.39 is 11.8 Å². The maximum Gasteiger partial charge on any atom is 0.283 e. The van der Waals surface area contributed by atoms with Crippen LogP contribution in [-0.2, 0) is 9.59 Å². The molecule has 0 aromatic heterocycles. The van der Waals surface area contributed by atoms with E-state index in [1.807, 2.05) is 31.2 Å². The van der Waals surface area contributed by atoms with Gasteiger partial charge in [0.2, 0.25) is 5.91 Å². The van der Waals surface area contributed by atoms with E-state index in [-0.39, 0.29) is 10.8 Å². The van der Waals surface area contributed by atoms with Gasteiger partial charge in [-0.15, -0.1) is 0 Å². The highest BCUT2D eigenvalue weighted by Crippen LogP contribution is 2.17. The summed E-state index contributed by atoms with van der Waals surface area (Å²) in [6.45, 7) is 4.01. The number of carbonyl (C=O) groups excluding carboxylic acids is 2. The molecule has 0 radical (unpaired) electrons. The second kappa shape index (κ2) is 6.49. The van der Waals surface area contributed by atoms with Crippen molar-refractivity contribution in [2.45, 2.75) is 20.3 Å². The number of benzene rings is 1. The molecule has 1 heterocycles. The van der Waals surface area contributed by atoms with Crippen molar-refractivity contribution in [1.29, 1.82) is 0 Å². The molecule has 2 rings (SSSR count). The first-order valence-electron chi connectivity index (χ1n) is 6.63. The Morgan fingerprint density at radius 3 is 2.57 bits per heavy atom. The molecule has 0 aliphatic carbocycles. The molecule has 5 nitrogen and oxygen atoms in total. The summed E-state index contributed by atoms with van der Waals surface area (Å²) in [5, 5.41) is 2.86. The van der Waals surface area contributed by atoms with Gasteiger partial charge in [0.25, 0.3) is 5.91 Å². The molecule has 1 N–H and O–H groups in total. The van der Waals surface area contributed by atoms with E-state index >= 15 is 0 Å².